The van der Waals surface area contributed by atoms with Crippen LogP contribution in [0.2, 0.25) is 0 Å². The average molecular weight is 441 g/mol. The van der Waals surface area contributed by atoms with Crippen molar-refractivity contribution < 1.29 is 19.0 Å². The lowest BCUT2D eigenvalue weighted by Gasteiger charge is -2.22. The molecule has 0 aliphatic carbocycles. The molecule has 4 rings (SSSR count). The third-order valence-corrected chi connectivity index (χ3v) is 6.18. The molecular formula is C23H24N2O5S. The van der Waals surface area contributed by atoms with E-state index in [1.807, 2.05) is 24.3 Å². The van der Waals surface area contributed by atoms with E-state index in [4.69, 9.17) is 13.9 Å². The molecule has 0 aliphatic heterocycles. The van der Waals surface area contributed by atoms with Crippen LogP contribution in [0.15, 0.2) is 51.7 Å². The molecule has 2 aromatic carbocycles. The summed E-state index contributed by atoms with van der Waals surface area (Å²) in [7, 11) is 3.29. The molecule has 0 atom stereocenters. The average Bonchev–Trinajstić information content (AvgIpc) is 3.21. The molecule has 0 bridgehead atoms. The van der Waals surface area contributed by atoms with Gasteiger partial charge in [0.1, 0.15) is 16.3 Å². The standard InChI is InChI=1S/C23H24N2O5S/c1-28-11-9-25(10-12-29-2)14-17-19(26)8-7-15-13-16(23(27)30-21(15)17)22-24-18-5-3-4-6-20(18)31-22/h3-8,13,26H,9-12,14H2,1-2H3. The SMILES string of the molecule is COCCN(CCOC)Cc1c(O)ccc2cc(-c3nc4ccccc4s3)c(=O)oc12. The lowest BCUT2D eigenvalue weighted by atomic mass is 10.1. The number of rotatable bonds is 9. The highest BCUT2D eigenvalue weighted by Gasteiger charge is 2.18. The second-order valence-electron chi connectivity index (χ2n) is 7.18. The highest BCUT2D eigenvalue weighted by Crippen LogP contribution is 2.32. The number of para-hydroxylation sites is 1. The minimum absolute atomic E-state index is 0.0863. The molecule has 8 heteroatoms. The summed E-state index contributed by atoms with van der Waals surface area (Å²) < 4.78 is 17.1. The van der Waals surface area contributed by atoms with Crippen molar-refractivity contribution in [1.29, 1.82) is 0 Å². The summed E-state index contributed by atoms with van der Waals surface area (Å²) in [5, 5.41) is 11.9. The molecule has 0 unspecified atom stereocenters. The third kappa shape index (κ3) is 4.62. The Morgan fingerprint density at radius 1 is 1.10 bits per heavy atom. The molecule has 7 nitrogen and oxygen atoms in total. The van der Waals surface area contributed by atoms with Crippen LogP contribution in [-0.2, 0) is 16.0 Å². The monoisotopic (exact) mass is 440 g/mol. The Morgan fingerprint density at radius 2 is 1.84 bits per heavy atom. The molecule has 4 aromatic rings. The number of hydrogen-bond acceptors (Lipinski definition) is 8. The maximum absolute atomic E-state index is 12.9. The van der Waals surface area contributed by atoms with Gasteiger partial charge in [0.05, 0.1) is 34.6 Å². The number of methoxy groups -OCH3 is 2. The first-order chi connectivity index (χ1) is 15.1. The van der Waals surface area contributed by atoms with Crippen LogP contribution in [-0.4, -0.2) is 55.5 Å². The summed E-state index contributed by atoms with van der Waals surface area (Å²) in [6, 6.07) is 12.9. The van der Waals surface area contributed by atoms with Gasteiger partial charge < -0.3 is 19.0 Å². The first kappa shape index (κ1) is 21.5. The summed E-state index contributed by atoms with van der Waals surface area (Å²) in [6.45, 7) is 2.80. The summed E-state index contributed by atoms with van der Waals surface area (Å²) in [5.74, 6) is 0.0863. The zero-order valence-corrected chi connectivity index (χ0v) is 18.3. The molecule has 162 valence electrons. The number of aromatic hydroxyl groups is 1. The topological polar surface area (TPSA) is 85.0 Å². The molecule has 2 heterocycles. The van der Waals surface area contributed by atoms with E-state index in [9.17, 15) is 9.90 Å². The van der Waals surface area contributed by atoms with Crippen LogP contribution in [0, 0.1) is 0 Å². The fourth-order valence-electron chi connectivity index (χ4n) is 3.46. The van der Waals surface area contributed by atoms with E-state index in [-0.39, 0.29) is 5.75 Å². The van der Waals surface area contributed by atoms with Gasteiger partial charge in [-0.1, -0.05) is 12.1 Å². The van der Waals surface area contributed by atoms with Crippen LogP contribution in [0.4, 0.5) is 0 Å². The Balaban J connectivity index is 1.74. The van der Waals surface area contributed by atoms with E-state index >= 15 is 0 Å². The highest BCUT2D eigenvalue weighted by molar-refractivity contribution is 7.21. The summed E-state index contributed by atoms with van der Waals surface area (Å²) in [6.07, 6.45) is 0. The van der Waals surface area contributed by atoms with Gasteiger partial charge in [0.25, 0.3) is 0 Å². The summed E-state index contributed by atoms with van der Waals surface area (Å²) in [5.41, 5.74) is 1.74. The first-order valence-corrected chi connectivity index (χ1v) is 10.8. The molecule has 1 N–H and O–H groups in total. The minimum atomic E-state index is -0.473. The van der Waals surface area contributed by atoms with Crippen LogP contribution in [0.1, 0.15) is 5.56 Å². The van der Waals surface area contributed by atoms with Gasteiger partial charge >= 0.3 is 5.63 Å². The number of aromatic nitrogens is 1. The number of hydrogen-bond donors (Lipinski definition) is 1. The second kappa shape index (κ2) is 9.57. The van der Waals surface area contributed by atoms with E-state index in [0.29, 0.717) is 54.6 Å². The van der Waals surface area contributed by atoms with E-state index in [2.05, 4.69) is 9.88 Å². The maximum atomic E-state index is 12.9. The number of thiazole rings is 1. The van der Waals surface area contributed by atoms with Gasteiger partial charge in [-0.2, -0.15) is 0 Å². The van der Waals surface area contributed by atoms with Crippen molar-refractivity contribution >= 4 is 32.5 Å². The van der Waals surface area contributed by atoms with Crippen molar-refractivity contribution in [1.82, 2.24) is 9.88 Å². The Kier molecular flexibility index (Phi) is 6.62. The summed E-state index contributed by atoms with van der Waals surface area (Å²) >= 11 is 1.45. The van der Waals surface area contributed by atoms with Gasteiger partial charge in [-0.3, -0.25) is 4.90 Å². The molecular weight excluding hydrogens is 416 g/mol. The zero-order chi connectivity index (χ0) is 21.8. The number of nitrogens with zero attached hydrogens (tertiary/aromatic N) is 2. The Bertz CT molecular complexity index is 1210. The molecule has 31 heavy (non-hydrogen) atoms. The van der Waals surface area contributed by atoms with E-state index < -0.39 is 5.63 Å². The Morgan fingerprint density at radius 3 is 2.55 bits per heavy atom. The number of ether oxygens (including phenoxy) is 2. The lowest BCUT2D eigenvalue weighted by molar-refractivity contribution is 0.110. The Hall–Kier alpha value is -2.78. The van der Waals surface area contributed by atoms with Crippen LogP contribution in [0.5, 0.6) is 5.75 Å². The first-order valence-electron chi connectivity index (χ1n) is 9.95. The molecule has 0 saturated heterocycles. The highest BCUT2D eigenvalue weighted by atomic mass is 32.1. The number of fused-ring (bicyclic) bond motifs is 2. The van der Waals surface area contributed by atoms with Crippen molar-refractivity contribution in [3.8, 4) is 16.3 Å². The lowest BCUT2D eigenvalue weighted by Crippen LogP contribution is -2.30. The molecule has 0 radical (unpaired) electrons. The maximum Gasteiger partial charge on any atom is 0.346 e. The minimum Gasteiger partial charge on any atom is -0.507 e. The Labute approximate surface area is 183 Å². The van der Waals surface area contributed by atoms with Crippen LogP contribution < -0.4 is 5.63 Å². The van der Waals surface area contributed by atoms with Gasteiger partial charge in [0.2, 0.25) is 0 Å². The number of phenols is 1. The van der Waals surface area contributed by atoms with Crippen molar-refractivity contribution in [3.05, 3.63) is 58.4 Å². The quantitative estimate of drug-likeness (QED) is 0.396. The summed E-state index contributed by atoms with van der Waals surface area (Å²) in [4.78, 5) is 19.5. The van der Waals surface area contributed by atoms with Gasteiger partial charge in [-0.15, -0.1) is 11.3 Å². The number of phenolic OH excluding ortho intramolecular Hbond substituents is 1. The van der Waals surface area contributed by atoms with E-state index in [1.54, 1.807) is 32.4 Å². The van der Waals surface area contributed by atoms with Crippen molar-refractivity contribution in [2.45, 2.75) is 6.54 Å². The number of benzene rings is 2. The van der Waals surface area contributed by atoms with E-state index in [0.717, 1.165) is 15.6 Å². The second-order valence-corrected chi connectivity index (χ2v) is 8.21. The van der Waals surface area contributed by atoms with Crippen LogP contribution in [0.3, 0.4) is 0 Å². The third-order valence-electron chi connectivity index (χ3n) is 5.11. The van der Waals surface area contributed by atoms with Crippen molar-refractivity contribution in [3.63, 3.8) is 0 Å². The van der Waals surface area contributed by atoms with Crippen LogP contribution in [0.25, 0.3) is 31.8 Å². The molecule has 0 amide bonds. The van der Waals surface area contributed by atoms with Crippen molar-refractivity contribution in [2.75, 3.05) is 40.5 Å². The van der Waals surface area contributed by atoms with Gasteiger partial charge in [0, 0.05) is 39.2 Å². The molecule has 2 aromatic heterocycles. The fraction of sp³-hybridized carbons (Fsp3) is 0.304. The molecule has 0 fully saturated rings. The fourth-order valence-corrected chi connectivity index (χ4v) is 4.42. The molecule has 0 saturated carbocycles. The largest absolute Gasteiger partial charge is 0.507 e. The predicted molar refractivity (Wildman–Crippen MR) is 122 cm³/mol. The normalized spacial score (nSPS) is 11.7. The zero-order valence-electron chi connectivity index (χ0n) is 17.5. The van der Waals surface area contributed by atoms with Crippen LogP contribution >= 0.6 is 11.3 Å². The van der Waals surface area contributed by atoms with Gasteiger partial charge in [-0.25, -0.2) is 9.78 Å². The van der Waals surface area contributed by atoms with E-state index in [1.165, 1.54) is 11.3 Å². The molecule has 0 aliphatic rings. The molecule has 0 spiro atoms. The smallest absolute Gasteiger partial charge is 0.346 e. The van der Waals surface area contributed by atoms with Crippen molar-refractivity contribution in [2.24, 2.45) is 0 Å². The van der Waals surface area contributed by atoms with Gasteiger partial charge in [0.15, 0.2) is 0 Å². The van der Waals surface area contributed by atoms with Gasteiger partial charge in [-0.05, 0) is 30.3 Å². The predicted octanol–water partition coefficient (Wildman–Crippen LogP) is 3.87.